The van der Waals surface area contributed by atoms with Gasteiger partial charge in [0.1, 0.15) is 17.7 Å². The normalized spacial score (nSPS) is 16.8. The number of nitrogens with zero attached hydrogens (tertiary/aromatic N) is 7. The highest BCUT2D eigenvalue weighted by atomic mass is 16.6. The highest BCUT2D eigenvalue weighted by molar-refractivity contribution is 5.85. The number of carbonyl (C=O) groups is 1. The number of ether oxygens (including phenoxy) is 2. The van der Waals surface area contributed by atoms with Crippen LogP contribution in [0.1, 0.15) is 33.6 Å². The maximum Gasteiger partial charge on any atom is 0.410 e. The molecule has 1 amide bonds. The fourth-order valence-electron chi connectivity index (χ4n) is 3.63. The van der Waals surface area contributed by atoms with Crippen LogP contribution in [0.15, 0.2) is 47.0 Å². The largest absolute Gasteiger partial charge is 0.497 e. The Labute approximate surface area is 186 Å². The Bertz CT molecular complexity index is 1140. The minimum absolute atomic E-state index is 0.0366. The molecule has 1 saturated heterocycles. The molecule has 4 rings (SSSR count). The summed E-state index contributed by atoms with van der Waals surface area (Å²) >= 11 is 0. The Balaban J connectivity index is 1.51. The number of hydrogen-bond donors (Lipinski definition) is 0. The quantitative estimate of drug-likeness (QED) is 0.551. The van der Waals surface area contributed by atoms with Crippen LogP contribution in [0.2, 0.25) is 0 Å². The molecule has 0 bridgehead atoms. The summed E-state index contributed by atoms with van der Waals surface area (Å²) in [5.74, 6) is 1.16. The molecule has 3 aromatic rings. The van der Waals surface area contributed by atoms with Gasteiger partial charge in [-0.1, -0.05) is 6.07 Å². The van der Waals surface area contributed by atoms with Crippen LogP contribution in [0.5, 0.6) is 5.75 Å². The molecule has 0 unspecified atom stereocenters. The third kappa shape index (κ3) is 4.68. The van der Waals surface area contributed by atoms with Crippen molar-refractivity contribution in [3.63, 3.8) is 0 Å². The van der Waals surface area contributed by atoms with E-state index in [4.69, 9.17) is 9.47 Å². The third-order valence-corrected chi connectivity index (χ3v) is 5.11. The predicted octanol–water partition coefficient (Wildman–Crippen LogP) is 4.31. The molecule has 1 aliphatic heterocycles. The molecule has 1 atom stereocenters. The highest BCUT2D eigenvalue weighted by Gasteiger charge is 2.32. The van der Waals surface area contributed by atoms with E-state index in [-0.39, 0.29) is 12.1 Å². The average molecular weight is 438 g/mol. The highest BCUT2D eigenvalue weighted by Crippen LogP contribution is 2.26. The van der Waals surface area contributed by atoms with Gasteiger partial charge in [-0.2, -0.15) is 10.2 Å². The van der Waals surface area contributed by atoms with E-state index < -0.39 is 5.60 Å². The van der Waals surface area contributed by atoms with Crippen molar-refractivity contribution in [2.45, 2.75) is 45.3 Å². The van der Waals surface area contributed by atoms with Crippen molar-refractivity contribution in [3.05, 3.63) is 36.8 Å². The summed E-state index contributed by atoms with van der Waals surface area (Å²) < 4.78 is 12.5. The minimum atomic E-state index is -0.527. The Morgan fingerprint density at radius 2 is 2.12 bits per heavy atom. The lowest BCUT2D eigenvalue weighted by molar-refractivity contribution is 0.0232. The second kappa shape index (κ2) is 8.89. The van der Waals surface area contributed by atoms with Gasteiger partial charge in [0, 0.05) is 12.6 Å². The fourth-order valence-corrected chi connectivity index (χ4v) is 3.63. The number of rotatable bonds is 5. The van der Waals surface area contributed by atoms with Gasteiger partial charge < -0.3 is 14.4 Å². The van der Waals surface area contributed by atoms with Gasteiger partial charge in [-0.05, 0) is 45.7 Å². The molecule has 0 radical (unpaired) electrons. The molecule has 10 nitrogen and oxygen atoms in total. The summed E-state index contributed by atoms with van der Waals surface area (Å²) in [4.78, 5) is 22.8. The lowest BCUT2D eigenvalue weighted by Crippen LogP contribution is -2.40. The van der Waals surface area contributed by atoms with Crippen molar-refractivity contribution in [2.24, 2.45) is 10.2 Å². The van der Waals surface area contributed by atoms with Crippen molar-refractivity contribution < 1.29 is 14.3 Å². The van der Waals surface area contributed by atoms with E-state index in [1.165, 1.54) is 6.33 Å². The van der Waals surface area contributed by atoms with Crippen molar-refractivity contribution in [2.75, 3.05) is 20.2 Å². The van der Waals surface area contributed by atoms with E-state index in [1.54, 1.807) is 22.9 Å². The first-order valence-corrected chi connectivity index (χ1v) is 10.6. The molecule has 1 fully saturated rings. The van der Waals surface area contributed by atoms with Gasteiger partial charge in [-0.3, -0.25) is 0 Å². The maximum atomic E-state index is 12.5. The smallest absolute Gasteiger partial charge is 0.410 e. The van der Waals surface area contributed by atoms with Gasteiger partial charge in [0.2, 0.25) is 0 Å². The molecule has 1 aliphatic rings. The van der Waals surface area contributed by atoms with Crippen LogP contribution in [0, 0.1) is 0 Å². The summed E-state index contributed by atoms with van der Waals surface area (Å²) in [7, 11) is 1.62. The van der Waals surface area contributed by atoms with Crippen LogP contribution in [-0.4, -0.2) is 62.6 Å². The Morgan fingerprint density at radius 1 is 1.28 bits per heavy atom. The molecule has 0 aliphatic carbocycles. The number of methoxy groups -OCH3 is 1. The van der Waals surface area contributed by atoms with E-state index in [1.807, 2.05) is 45.0 Å². The SMILES string of the molecule is COc1cccc(-n2ncc3c(N=NC[C@H]4CCCN4C(=O)OC(C)(C)C)ncnc32)c1. The topological polar surface area (TPSA) is 107 Å². The Kier molecular flexibility index (Phi) is 6.02. The van der Waals surface area contributed by atoms with E-state index in [9.17, 15) is 4.79 Å². The molecule has 1 aromatic carbocycles. The molecular formula is C22H27N7O3. The van der Waals surface area contributed by atoms with Crippen LogP contribution < -0.4 is 4.74 Å². The van der Waals surface area contributed by atoms with Gasteiger partial charge in [-0.15, -0.1) is 5.11 Å². The number of fused-ring (bicyclic) bond motifs is 1. The molecule has 2 aromatic heterocycles. The van der Waals surface area contributed by atoms with Gasteiger partial charge in [0.05, 0.1) is 37.0 Å². The van der Waals surface area contributed by atoms with Crippen molar-refractivity contribution >= 4 is 22.9 Å². The number of amides is 1. The number of benzene rings is 1. The zero-order valence-corrected chi connectivity index (χ0v) is 18.7. The molecule has 168 valence electrons. The molecule has 0 spiro atoms. The first-order valence-electron chi connectivity index (χ1n) is 10.6. The number of hydrogen-bond acceptors (Lipinski definition) is 8. The van der Waals surface area contributed by atoms with Crippen LogP contribution in [0.4, 0.5) is 10.6 Å². The third-order valence-electron chi connectivity index (χ3n) is 5.11. The first kappa shape index (κ1) is 21.7. The Hall–Kier alpha value is -3.56. The Morgan fingerprint density at radius 3 is 2.91 bits per heavy atom. The number of aromatic nitrogens is 4. The van der Waals surface area contributed by atoms with Crippen molar-refractivity contribution in [1.82, 2.24) is 24.6 Å². The zero-order chi connectivity index (χ0) is 22.7. The summed E-state index contributed by atoms with van der Waals surface area (Å²) in [5, 5.41) is 13.8. The van der Waals surface area contributed by atoms with Crippen LogP contribution in [0.25, 0.3) is 16.7 Å². The van der Waals surface area contributed by atoms with Crippen LogP contribution in [0.3, 0.4) is 0 Å². The molecule has 0 saturated carbocycles. The van der Waals surface area contributed by atoms with Crippen molar-refractivity contribution in [3.8, 4) is 11.4 Å². The van der Waals surface area contributed by atoms with E-state index in [2.05, 4.69) is 25.3 Å². The minimum Gasteiger partial charge on any atom is -0.497 e. The maximum absolute atomic E-state index is 12.5. The molecule has 10 heteroatoms. The second-order valence-electron chi connectivity index (χ2n) is 8.59. The summed E-state index contributed by atoms with van der Waals surface area (Å²) in [6.07, 6.45) is 4.60. The van der Waals surface area contributed by atoms with Gasteiger partial charge in [0.15, 0.2) is 11.5 Å². The average Bonchev–Trinajstić information content (AvgIpc) is 3.40. The van der Waals surface area contributed by atoms with Crippen molar-refractivity contribution in [1.29, 1.82) is 0 Å². The number of azo groups is 1. The van der Waals surface area contributed by atoms with Crippen LogP contribution >= 0.6 is 0 Å². The van der Waals surface area contributed by atoms with Gasteiger partial charge >= 0.3 is 6.09 Å². The van der Waals surface area contributed by atoms with Gasteiger partial charge in [0.25, 0.3) is 0 Å². The second-order valence-corrected chi connectivity index (χ2v) is 8.59. The van der Waals surface area contributed by atoms with E-state index in [0.717, 1.165) is 24.3 Å². The van der Waals surface area contributed by atoms with Gasteiger partial charge in [-0.25, -0.2) is 19.4 Å². The summed E-state index contributed by atoms with van der Waals surface area (Å²) in [5.41, 5.74) is 0.916. The monoisotopic (exact) mass is 437 g/mol. The number of carbonyl (C=O) groups excluding carboxylic acids is 1. The molecule has 3 heterocycles. The fraction of sp³-hybridized carbons (Fsp3) is 0.455. The van der Waals surface area contributed by atoms with Crippen LogP contribution in [-0.2, 0) is 4.74 Å². The molecular weight excluding hydrogens is 410 g/mol. The predicted molar refractivity (Wildman–Crippen MR) is 119 cm³/mol. The summed E-state index contributed by atoms with van der Waals surface area (Å²) in [6.45, 7) is 6.64. The number of likely N-dealkylation sites (tertiary alicyclic amines) is 1. The standard InChI is InChI=1S/C22H27N7O3/c1-22(2,3)32-21(30)28-10-6-8-16(28)12-25-27-19-18-13-26-29(20(18)24-14-23-19)15-7-5-9-17(11-15)31-4/h5,7,9,11,13-14,16H,6,8,10,12H2,1-4H3/t16-/m1/s1. The van der Waals surface area contributed by atoms with E-state index in [0.29, 0.717) is 29.9 Å². The molecule has 32 heavy (non-hydrogen) atoms. The molecule has 0 N–H and O–H groups in total. The zero-order valence-electron chi connectivity index (χ0n) is 18.7. The lowest BCUT2D eigenvalue weighted by Gasteiger charge is -2.27. The summed E-state index contributed by atoms with van der Waals surface area (Å²) in [6, 6.07) is 7.52. The lowest BCUT2D eigenvalue weighted by atomic mass is 10.2. The first-order chi connectivity index (χ1) is 15.4. The van der Waals surface area contributed by atoms with E-state index >= 15 is 0 Å².